The van der Waals surface area contributed by atoms with Gasteiger partial charge in [-0.2, -0.15) is 4.31 Å². The van der Waals surface area contributed by atoms with E-state index in [0.717, 1.165) is 0 Å². The lowest BCUT2D eigenvalue weighted by Crippen LogP contribution is -2.57. The molecule has 1 atom stereocenters. The number of hydrogen-bond acceptors (Lipinski definition) is 6. The van der Waals surface area contributed by atoms with Gasteiger partial charge in [-0.3, -0.25) is 9.59 Å². The molecule has 1 aliphatic rings. The van der Waals surface area contributed by atoms with Crippen molar-refractivity contribution in [2.75, 3.05) is 26.2 Å². The van der Waals surface area contributed by atoms with Gasteiger partial charge in [0.15, 0.2) is 5.76 Å². The van der Waals surface area contributed by atoms with Crippen molar-refractivity contribution < 1.29 is 26.9 Å². The fourth-order valence-corrected chi connectivity index (χ4v) is 5.41. The van der Waals surface area contributed by atoms with Crippen molar-refractivity contribution in [2.24, 2.45) is 5.92 Å². The summed E-state index contributed by atoms with van der Waals surface area (Å²) in [7, 11) is -3.80. The molecule has 1 fully saturated rings. The van der Waals surface area contributed by atoms with E-state index in [4.69, 9.17) is 4.52 Å². The van der Waals surface area contributed by atoms with Crippen LogP contribution in [0, 0.1) is 25.6 Å². The quantitative estimate of drug-likeness (QED) is 0.694. The molecule has 1 N–H and O–H groups in total. The molecule has 2 amide bonds. The third-order valence-corrected chi connectivity index (χ3v) is 7.60. The van der Waals surface area contributed by atoms with E-state index in [0.29, 0.717) is 0 Å². The minimum absolute atomic E-state index is 0.0504. The predicted molar refractivity (Wildman–Crippen MR) is 114 cm³/mol. The highest BCUT2D eigenvalue weighted by Gasteiger charge is 2.36. The molecule has 0 unspecified atom stereocenters. The van der Waals surface area contributed by atoms with Crippen molar-refractivity contribution in [1.82, 2.24) is 19.7 Å². The van der Waals surface area contributed by atoms with Crippen LogP contribution >= 0.6 is 0 Å². The number of halogens is 1. The molecule has 1 aromatic heterocycles. The Morgan fingerprint density at radius 1 is 1.12 bits per heavy atom. The number of hydrogen-bond donors (Lipinski definition) is 1. The van der Waals surface area contributed by atoms with Crippen LogP contribution in [0.2, 0.25) is 0 Å². The van der Waals surface area contributed by atoms with Crippen molar-refractivity contribution >= 4 is 21.8 Å². The molecule has 0 radical (unpaired) electrons. The van der Waals surface area contributed by atoms with E-state index >= 15 is 0 Å². The van der Waals surface area contributed by atoms with Gasteiger partial charge in [0.25, 0.3) is 5.91 Å². The molecular weight excluding hydrogens is 439 g/mol. The molecule has 1 saturated heterocycles. The van der Waals surface area contributed by atoms with Crippen LogP contribution in [0.25, 0.3) is 0 Å². The molecule has 174 valence electrons. The third kappa shape index (κ3) is 4.68. The highest BCUT2D eigenvalue weighted by Crippen LogP contribution is 2.24. The molecule has 9 nitrogen and oxygen atoms in total. The van der Waals surface area contributed by atoms with Crippen LogP contribution in [0.4, 0.5) is 4.39 Å². The lowest BCUT2D eigenvalue weighted by molar-refractivity contribution is -0.135. The van der Waals surface area contributed by atoms with Gasteiger partial charge in [-0.15, -0.1) is 0 Å². The summed E-state index contributed by atoms with van der Waals surface area (Å²) in [5.41, 5.74) is 0.151. The SMILES string of the molecule is Cc1noc(C)c1S(=O)(=O)N1CCN(C(=O)[C@@H](NC(=O)c2ccccc2F)C(C)C)CC1. The first-order chi connectivity index (χ1) is 15.0. The fourth-order valence-electron chi connectivity index (χ4n) is 3.70. The van der Waals surface area contributed by atoms with Crippen LogP contribution < -0.4 is 5.32 Å². The van der Waals surface area contributed by atoms with Crippen LogP contribution in [0.15, 0.2) is 33.7 Å². The predicted octanol–water partition coefficient (Wildman–Crippen LogP) is 1.72. The van der Waals surface area contributed by atoms with E-state index in [-0.39, 0.29) is 59.9 Å². The minimum atomic E-state index is -3.80. The Morgan fingerprint density at radius 2 is 1.75 bits per heavy atom. The zero-order valence-electron chi connectivity index (χ0n) is 18.5. The maximum Gasteiger partial charge on any atom is 0.254 e. The highest BCUT2D eigenvalue weighted by atomic mass is 32.2. The van der Waals surface area contributed by atoms with E-state index in [1.54, 1.807) is 26.8 Å². The molecule has 11 heteroatoms. The van der Waals surface area contributed by atoms with E-state index in [2.05, 4.69) is 10.5 Å². The van der Waals surface area contributed by atoms with Gasteiger partial charge in [0.2, 0.25) is 15.9 Å². The number of amides is 2. The maximum atomic E-state index is 13.9. The average Bonchev–Trinajstić information content (AvgIpc) is 3.10. The lowest BCUT2D eigenvalue weighted by Gasteiger charge is -2.36. The normalized spacial score (nSPS) is 16.2. The summed E-state index contributed by atoms with van der Waals surface area (Å²) in [6.45, 7) is 7.20. The lowest BCUT2D eigenvalue weighted by atomic mass is 10.0. The first kappa shape index (κ1) is 23.9. The van der Waals surface area contributed by atoms with E-state index < -0.39 is 27.8 Å². The first-order valence-electron chi connectivity index (χ1n) is 10.3. The number of carbonyl (C=O) groups is 2. The smallest absolute Gasteiger partial charge is 0.254 e. The topological polar surface area (TPSA) is 113 Å². The van der Waals surface area contributed by atoms with Gasteiger partial charge in [0.1, 0.15) is 22.4 Å². The summed E-state index contributed by atoms with van der Waals surface area (Å²) in [5.74, 6) is -1.70. The standard InChI is InChI=1S/C21H27FN4O5S/c1-13(2)18(23-20(27)16-7-5-6-8-17(16)22)21(28)25-9-11-26(12-10-25)32(29,30)19-14(3)24-31-15(19)4/h5-8,13,18H,9-12H2,1-4H3,(H,23,27)/t18-/m0/s1. The van der Waals surface area contributed by atoms with Gasteiger partial charge in [0.05, 0.1) is 5.56 Å². The summed E-state index contributed by atoms with van der Waals surface area (Å²) in [6.07, 6.45) is 0. The molecule has 0 aliphatic carbocycles. The molecule has 0 spiro atoms. The van der Waals surface area contributed by atoms with Crippen LogP contribution in [0.5, 0.6) is 0 Å². The zero-order valence-corrected chi connectivity index (χ0v) is 19.3. The second kappa shape index (κ2) is 9.37. The van der Waals surface area contributed by atoms with Gasteiger partial charge < -0.3 is 14.7 Å². The minimum Gasteiger partial charge on any atom is -0.360 e. The monoisotopic (exact) mass is 466 g/mol. The van der Waals surface area contributed by atoms with Crippen molar-refractivity contribution in [1.29, 1.82) is 0 Å². The zero-order chi connectivity index (χ0) is 23.6. The van der Waals surface area contributed by atoms with Crippen molar-refractivity contribution in [2.45, 2.75) is 38.6 Å². The molecule has 2 aromatic rings. The van der Waals surface area contributed by atoms with Crippen molar-refractivity contribution in [3.8, 4) is 0 Å². The summed E-state index contributed by atoms with van der Waals surface area (Å²) in [4.78, 5) is 27.2. The largest absolute Gasteiger partial charge is 0.360 e. The summed E-state index contributed by atoms with van der Waals surface area (Å²) in [5, 5.41) is 6.34. The molecule has 1 aliphatic heterocycles. The number of carbonyl (C=O) groups excluding carboxylic acids is 2. The Morgan fingerprint density at radius 3 is 2.28 bits per heavy atom. The van der Waals surface area contributed by atoms with Crippen LogP contribution in [-0.2, 0) is 14.8 Å². The second-order valence-electron chi connectivity index (χ2n) is 8.06. The molecule has 3 rings (SSSR count). The fraction of sp³-hybridized carbons (Fsp3) is 0.476. The third-order valence-electron chi connectivity index (χ3n) is 5.45. The summed E-state index contributed by atoms with van der Waals surface area (Å²) in [6, 6.07) is 4.69. The Kier molecular flexibility index (Phi) is 6.99. The van der Waals surface area contributed by atoms with Crippen LogP contribution in [-0.4, -0.2) is 66.8 Å². The number of aryl methyl sites for hydroxylation is 2. The van der Waals surface area contributed by atoms with Crippen LogP contribution in [0.3, 0.4) is 0 Å². The summed E-state index contributed by atoms with van der Waals surface area (Å²) >= 11 is 0. The first-order valence-corrected chi connectivity index (χ1v) is 11.7. The Balaban J connectivity index is 1.69. The van der Waals surface area contributed by atoms with E-state index in [1.165, 1.54) is 34.3 Å². The number of piperazine rings is 1. The van der Waals surface area contributed by atoms with Crippen LogP contribution in [0.1, 0.15) is 35.7 Å². The molecule has 0 bridgehead atoms. The number of aromatic nitrogens is 1. The summed E-state index contributed by atoms with van der Waals surface area (Å²) < 4.78 is 46.2. The molecule has 2 heterocycles. The van der Waals surface area contributed by atoms with E-state index in [9.17, 15) is 22.4 Å². The molecule has 1 aromatic carbocycles. The second-order valence-corrected chi connectivity index (χ2v) is 9.93. The maximum absolute atomic E-state index is 13.9. The highest BCUT2D eigenvalue weighted by molar-refractivity contribution is 7.89. The molecule has 0 saturated carbocycles. The van der Waals surface area contributed by atoms with Crippen molar-refractivity contribution in [3.05, 3.63) is 47.1 Å². The number of sulfonamides is 1. The van der Waals surface area contributed by atoms with Gasteiger partial charge >= 0.3 is 0 Å². The number of nitrogens with zero attached hydrogens (tertiary/aromatic N) is 3. The number of rotatable bonds is 6. The van der Waals surface area contributed by atoms with Gasteiger partial charge in [-0.25, -0.2) is 12.8 Å². The average molecular weight is 467 g/mol. The molecular formula is C21H27FN4O5S. The Labute approximate surface area is 186 Å². The van der Waals surface area contributed by atoms with Gasteiger partial charge in [-0.1, -0.05) is 31.1 Å². The van der Waals surface area contributed by atoms with Crippen molar-refractivity contribution in [3.63, 3.8) is 0 Å². The Bertz CT molecular complexity index is 1090. The van der Waals surface area contributed by atoms with Gasteiger partial charge in [-0.05, 0) is 31.9 Å². The Hall–Kier alpha value is -2.79. The van der Waals surface area contributed by atoms with E-state index in [1.807, 2.05) is 0 Å². The number of benzene rings is 1. The molecule has 32 heavy (non-hydrogen) atoms. The van der Waals surface area contributed by atoms with Gasteiger partial charge in [0, 0.05) is 26.2 Å². The number of nitrogens with one attached hydrogen (secondary N) is 1.